The Balaban J connectivity index is 2.77. The summed E-state index contributed by atoms with van der Waals surface area (Å²) in [6.07, 6.45) is 2.09. The van der Waals surface area contributed by atoms with Crippen molar-refractivity contribution in [2.75, 3.05) is 26.0 Å². The molecule has 4 nitrogen and oxygen atoms in total. The van der Waals surface area contributed by atoms with Gasteiger partial charge in [0.05, 0.1) is 6.61 Å². The van der Waals surface area contributed by atoms with E-state index in [1.54, 1.807) is 6.92 Å². The number of hydrogen-bond acceptors (Lipinski definition) is 4. The zero-order valence-electron chi connectivity index (χ0n) is 14.2. The fraction of sp³-hybridized carbons (Fsp3) is 0.647. The summed E-state index contributed by atoms with van der Waals surface area (Å²) in [4.78, 5) is 0. The number of ether oxygens (including phenoxy) is 2. The fourth-order valence-corrected chi connectivity index (χ4v) is 4.92. The first-order valence-electron chi connectivity index (χ1n) is 8.06. The smallest absolute Gasteiger partial charge is 0.260 e. The van der Waals surface area contributed by atoms with Gasteiger partial charge in [-0.05, 0) is 46.1 Å². The molecule has 126 valence electrons. The summed E-state index contributed by atoms with van der Waals surface area (Å²) in [6.45, 7) is 8.59. The summed E-state index contributed by atoms with van der Waals surface area (Å²) in [5.41, 5.74) is 0.0727. The van der Waals surface area contributed by atoms with Crippen molar-refractivity contribution >= 4 is 7.37 Å². The monoisotopic (exact) mass is 328 g/mol. The van der Waals surface area contributed by atoms with Crippen molar-refractivity contribution in [1.29, 1.82) is 0 Å². The van der Waals surface area contributed by atoms with Gasteiger partial charge in [-0.2, -0.15) is 0 Å². The summed E-state index contributed by atoms with van der Waals surface area (Å²) >= 11 is 0. The van der Waals surface area contributed by atoms with E-state index in [0.717, 1.165) is 12.8 Å². The normalized spacial score (nSPS) is 14.7. The maximum atomic E-state index is 13.3. The Bertz CT molecular complexity index is 455. The second kappa shape index (κ2) is 9.46. The van der Waals surface area contributed by atoms with Crippen LogP contribution in [0.25, 0.3) is 0 Å². The Morgan fingerprint density at radius 1 is 1.00 bits per heavy atom. The van der Waals surface area contributed by atoms with Crippen molar-refractivity contribution in [3.63, 3.8) is 0 Å². The molecule has 0 heterocycles. The predicted octanol–water partition coefficient (Wildman–Crippen LogP) is 4.68. The van der Waals surface area contributed by atoms with Gasteiger partial charge in [0.15, 0.2) is 0 Å². The average Bonchev–Trinajstić information content (AvgIpc) is 2.49. The lowest BCUT2D eigenvalue weighted by Crippen LogP contribution is -2.34. The van der Waals surface area contributed by atoms with Gasteiger partial charge in [-0.25, -0.2) is 0 Å². The Hall–Kier alpha value is -0.670. The van der Waals surface area contributed by atoms with Gasteiger partial charge in [0.25, 0.3) is 7.37 Å². The Labute approximate surface area is 134 Å². The molecule has 22 heavy (non-hydrogen) atoms. The van der Waals surface area contributed by atoms with Gasteiger partial charge in [0.2, 0.25) is 5.53 Å². The lowest BCUT2D eigenvalue weighted by Gasteiger charge is -2.36. The van der Waals surface area contributed by atoms with Gasteiger partial charge in [0.1, 0.15) is 0 Å². The molecule has 0 amide bonds. The van der Waals surface area contributed by atoms with Crippen molar-refractivity contribution in [2.24, 2.45) is 0 Å². The molecule has 5 heteroatoms. The van der Waals surface area contributed by atoms with E-state index in [1.807, 2.05) is 39.0 Å². The minimum Gasteiger partial charge on any atom is -0.342 e. The van der Waals surface area contributed by atoms with Crippen molar-refractivity contribution in [3.8, 4) is 0 Å². The van der Waals surface area contributed by atoms with Crippen LogP contribution in [0.15, 0.2) is 30.3 Å². The highest BCUT2D eigenvalue weighted by Gasteiger charge is 2.47. The molecule has 0 aliphatic heterocycles. The third-order valence-corrected chi connectivity index (χ3v) is 6.62. The van der Waals surface area contributed by atoms with Crippen LogP contribution in [-0.2, 0) is 25.0 Å². The highest BCUT2D eigenvalue weighted by atomic mass is 31.2. The van der Waals surface area contributed by atoms with Gasteiger partial charge in [0, 0.05) is 19.4 Å². The van der Waals surface area contributed by atoms with E-state index in [0.29, 0.717) is 26.0 Å². The molecule has 0 N–H and O–H groups in total. The van der Waals surface area contributed by atoms with E-state index < -0.39 is 12.9 Å². The highest BCUT2D eigenvalue weighted by molar-refractivity contribution is 7.60. The second-order valence-electron chi connectivity index (χ2n) is 5.17. The van der Waals surface area contributed by atoms with E-state index in [9.17, 15) is 4.57 Å². The predicted molar refractivity (Wildman–Crippen MR) is 90.5 cm³/mol. The minimum atomic E-state index is -3.06. The standard InChI is InChI=1S/C17H29O4P/c1-5-19-17(4,20-6-2)22(18,21-7-3)15-11-14-16-12-9-8-10-13-16/h8-10,12-13H,5-7,11,14-15H2,1-4H3. The van der Waals surface area contributed by atoms with Crippen molar-refractivity contribution in [1.82, 2.24) is 0 Å². The van der Waals surface area contributed by atoms with Crippen molar-refractivity contribution in [3.05, 3.63) is 35.9 Å². The van der Waals surface area contributed by atoms with E-state index in [1.165, 1.54) is 5.56 Å². The third kappa shape index (κ3) is 5.20. The van der Waals surface area contributed by atoms with Crippen LogP contribution in [0.4, 0.5) is 0 Å². The van der Waals surface area contributed by atoms with Crippen LogP contribution in [0.5, 0.6) is 0 Å². The summed E-state index contributed by atoms with van der Waals surface area (Å²) in [7, 11) is -3.06. The first-order valence-corrected chi connectivity index (χ1v) is 9.87. The molecule has 0 spiro atoms. The molecule has 1 atom stereocenters. The molecule has 0 bridgehead atoms. The summed E-state index contributed by atoms with van der Waals surface area (Å²) in [5.74, 6) is 0. The number of rotatable bonds is 11. The Kier molecular flexibility index (Phi) is 8.34. The molecule has 0 saturated heterocycles. The molecule has 0 aliphatic carbocycles. The first kappa shape index (κ1) is 19.4. The van der Waals surface area contributed by atoms with Crippen LogP contribution in [0, 0.1) is 0 Å². The van der Waals surface area contributed by atoms with Gasteiger partial charge in [-0.1, -0.05) is 30.3 Å². The summed E-state index contributed by atoms with van der Waals surface area (Å²) in [5, 5.41) is 0. The van der Waals surface area contributed by atoms with E-state index in [-0.39, 0.29) is 0 Å². The number of aryl methyl sites for hydroxylation is 1. The van der Waals surface area contributed by atoms with Gasteiger partial charge in [-0.3, -0.25) is 4.57 Å². The lowest BCUT2D eigenvalue weighted by molar-refractivity contribution is -0.168. The molecular formula is C17H29O4P. The van der Waals surface area contributed by atoms with Crippen LogP contribution in [-0.4, -0.2) is 31.5 Å². The van der Waals surface area contributed by atoms with E-state index in [2.05, 4.69) is 12.1 Å². The molecule has 0 saturated carbocycles. The molecule has 1 unspecified atom stereocenters. The minimum absolute atomic E-state index is 0.387. The first-order chi connectivity index (χ1) is 10.5. The molecule has 0 aromatic heterocycles. The van der Waals surface area contributed by atoms with Crippen LogP contribution < -0.4 is 0 Å². The molecule has 0 aliphatic rings. The maximum Gasteiger partial charge on any atom is 0.260 e. The largest absolute Gasteiger partial charge is 0.342 e. The van der Waals surface area contributed by atoms with Gasteiger partial charge < -0.3 is 14.0 Å². The zero-order chi connectivity index (χ0) is 16.5. The lowest BCUT2D eigenvalue weighted by atomic mass is 10.1. The van der Waals surface area contributed by atoms with E-state index in [4.69, 9.17) is 14.0 Å². The van der Waals surface area contributed by atoms with Crippen molar-refractivity contribution in [2.45, 2.75) is 46.1 Å². The molecular weight excluding hydrogens is 299 g/mol. The molecule has 1 aromatic carbocycles. The molecule has 1 rings (SSSR count). The van der Waals surface area contributed by atoms with E-state index >= 15 is 0 Å². The number of benzene rings is 1. The van der Waals surface area contributed by atoms with Crippen LogP contribution in [0.3, 0.4) is 0 Å². The summed E-state index contributed by atoms with van der Waals surface area (Å²) < 4.78 is 30.3. The quantitative estimate of drug-likeness (QED) is 0.437. The second-order valence-corrected chi connectivity index (χ2v) is 8.03. The SMILES string of the molecule is CCOC(C)(OCC)P(=O)(CCCc1ccccc1)OCC. The molecule has 1 aromatic rings. The fourth-order valence-electron chi connectivity index (χ4n) is 2.50. The third-order valence-electron chi connectivity index (χ3n) is 3.54. The zero-order valence-corrected chi connectivity index (χ0v) is 15.1. The summed E-state index contributed by atoms with van der Waals surface area (Å²) in [6, 6.07) is 10.2. The highest BCUT2D eigenvalue weighted by Crippen LogP contribution is 2.60. The van der Waals surface area contributed by atoms with Crippen molar-refractivity contribution < 1.29 is 18.6 Å². The topological polar surface area (TPSA) is 44.8 Å². The Morgan fingerprint density at radius 3 is 2.09 bits per heavy atom. The average molecular weight is 328 g/mol. The van der Waals surface area contributed by atoms with Crippen LogP contribution in [0.1, 0.15) is 39.7 Å². The maximum absolute atomic E-state index is 13.3. The molecule has 0 radical (unpaired) electrons. The Morgan fingerprint density at radius 2 is 1.59 bits per heavy atom. The number of hydrogen-bond donors (Lipinski definition) is 0. The van der Waals surface area contributed by atoms with Crippen LogP contribution in [0.2, 0.25) is 0 Å². The molecule has 0 fully saturated rings. The van der Waals surface area contributed by atoms with Crippen LogP contribution >= 0.6 is 7.37 Å². The van der Waals surface area contributed by atoms with Gasteiger partial charge in [-0.15, -0.1) is 0 Å². The van der Waals surface area contributed by atoms with Gasteiger partial charge >= 0.3 is 0 Å².